The quantitative estimate of drug-likeness (QED) is 0.880. The van der Waals surface area contributed by atoms with Gasteiger partial charge in [-0.3, -0.25) is 0 Å². The molecule has 0 radical (unpaired) electrons. The summed E-state index contributed by atoms with van der Waals surface area (Å²) in [5.41, 5.74) is 0.711. The van der Waals surface area contributed by atoms with Gasteiger partial charge in [0, 0.05) is 11.6 Å². The van der Waals surface area contributed by atoms with Crippen LogP contribution < -0.4 is 4.72 Å². The number of benzene rings is 1. The maximum atomic E-state index is 11.9. The Bertz CT molecular complexity index is 721. The first-order chi connectivity index (χ1) is 9.38. The van der Waals surface area contributed by atoms with E-state index in [0.717, 1.165) is 12.1 Å². The number of aromatic carboxylic acids is 1. The number of nitrogens with one attached hydrogen (secondary N) is 1. The maximum absolute atomic E-state index is 11.9. The zero-order valence-electron chi connectivity index (χ0n) is 10.0. The van der Waals surface area contributed by atoms with Gasteiger partial charge >= 0.3 is 5.97 Å². The zero-order chi connectivity index (χ0) is 14.8. The van der Waals surface area contributed by atoms with Crippen LogP contribution in [0.3, 0.4) is 0 Å². The Morgan fingerprint density at radius 1 is 1.20 bits per heavy atom. The molecule has 1 aromatic heterocycles. The lowest BCUT2D eigenvalue weighted by Crippen LogP contribution is -2.22. The summed E-state index contributed by atoms with van der Waals surface area (Å²) in [4.78, 5) is 10.6. The molecular formula is C12H10ClNO5S. The predicted octanol–water partition coefficient (Wildman–Crippen LogP) is 2.11. The largest absolute Gasteiger partial charge is 0.475 e. The third kappa shape index (κ3) is 3.38. The molecule has 20 heavy (non-hydrogen) atoms. The van der Waals surface area contributed by atoms with Gasteiger partial charge in [-0.1, -0.05) is 23.7 Å². The van der Waals surface area contributed by atoms with E-state index in [4.69, 9.17) is 21.1 Å². The Morgan fingerprint density at radius 2 is 1.85 bits per heavy atom. The molecule has 0 aliphatic carbocycles. The van der Waals surface area contributed by atoms with Gasteiger partial charge in [0.15, 0.2) is 0 Å². The minimum atomic E-state index is -3.89. The molecule has 0 aliphatic rings. The van der Waals surface area contributed by atoms with Crippen LogP contribution in [0, 0.1) is 0 Å². The number of sulfonamides is 1. The average Bonchev–Trinajstić information content (AvgIpc) is 2.89. The molecule has 0 unspecified atom stereocenters. The topological polar surface area (TPSA) is 96.6 Å². The average molecular weight is 316 g/mol. The molecule has 2 rings (SSSR count). The van der Waals surface area contributed by atoms with E-state index in [1.165, 1.54) is 0 Å². The van der Waals surface area contributed by atoms with E-state index in [-0.39, 0.29) is 6.54 Å². The molecule has 0 saturated heterocycles. The Labute approximate surface area is 120 Å². The Balaban J connectivity index is 2.10. The highest BCUT2D eigenvalue weighted by atomic mass is 35.5. The molecule has 2 aromatic rings. The summed E-state index contributed by atoms with van der Waals surface area (Å²) >= 11 is 5.72. The van der Waals surface area contributed by atoms with Crippen molar-refractivity contribution in [2.75, 3.05) is 0 Å². The molecule has 0 amide bonds. The van der Waals surface area contributed by atoms with Crippen molar-refractivity contribution in [2.24, 2.45) is 0 Å². The number of hydrogen-bond donors (Lipinski definition) is 2. The Morgan fingerprint density at radius 3 is 2.40 bits per heavy atom. The Hall–Kier alpha value is -1.83. The summed E-state index contributed by atoms with van der Waals surface area (Å²) < 4.78 is 30.8. The van der Waals surface area contributed by atoms with Crippen molar-refractivity contribution in [3.05, 3.63) is 52.7 Å². The van der Waals surface area contributed by atoms with Crippen molar-refractivity contribution < 1.29 is 22.7 Å². The van der Waals surface area contributed by atoms with Gasteiger partial charge in [0.25, 0.3) is 10.0 Å². The zero-order valence-corrected chi connectivity index (χ0v) is 11.6. The van der Waals surface area contributed by atoms with Crippen molar-refractivity contribution in [1.29, 1.82) is 0 Å². The molecule has 1 heterocycles. The SMILES string of the molecule is O=C(O)c1ccc(S(=O)(=O)NCc2ccc(Cl)cc2)o1. The van der Waals surface area contributed by atoms with Crippen molar-refractivity contribution in [3.8, 4) is 0 Å². The highest BCUT2D eigenvalue weighted by Gasteiger charge is 2.20. The summed E-state index contributed by atoms with van der Waals surface area (Å²) in [5, 5.41) is 8.79. The lowest BCUT2D eigenvalue weighted by atomic mass is 10.2. The second kappa shape index (κ2) is 5.66. The van der Waals surface area contributed by atoms with Crippen molar-refractivity contribution in [3.63, 3.8) is 0 Å². The number of carboxylic acid groups (broad SMARTS) is 1. The van der Waals surface area contributed by atoms with Crippen LogP contribution >= 0.6 is 11.6 Å². The van der Waals surface area contributed by atoms with Gasteiger partial charge in [0.1, 0.15) is 0 Å². The molecule has 0 saturated carbocycles. The number of hydrogen-bond acceptors (Lipinski definition) is 4. The highest BCUT2D eigenvalue weighted by Crippen LogP contribution is 2.15. The molecule has 0 fully saturated rings. The fourth-order valence-electron chi connectivity index (χ4n) is 1.43. The summed E-state index contributed by atoms with van der Waals surface area (Å²) in [7, 11) is -3.89. The standard InChI is InChI=1S/C12H10ClNO5S/c13-9-3-1-8(2-4-9)7-14-20(17,18)11-6-5-10(19-11)12(15)16/h1-6,14H,7H2,(H,15,16). The second-order valence-electron chi connectivity index (χ2n) is 3.87. The van der Waals surface area contributed by atoms with Gasteiger partial charge in [-0.25, -0.2) is 17.9 Å². The van der Waals surface area contributed by atoms with Crippen LogP contribution in [0.15, 0.2) is 45.9 Å². The first-order valence-electron chi connectivity index (χ1n) is 5.46. The molecule has 1 aromatic carbocycles. The van der Waals surface area contributed by atoms with E-state index >= 15 is 0 Å². The second-order valence-corrected chi connectivity index (χ2v) is 6.01. The highest BCUT2D eigenvalue weighted by molar-refractivity contribution is 7.89. The first kappa shape index (κ1) is 14.6. The summed E-state index contributed by atoms with van der Waals surface area (Å²) in [5.74, 6) is -1.76. The number of carboxylic acids is 1. The monoisotopic (exact) mass is 315 g/mol. The van der Waals surface area contributed by atoms with Crippen LogP contribution in [0.1, 0.15) is 16.1 Å². The van der Waals surface area contributed by atoms with Crippen LogP contribution in [0.25, 0.3) is 0 Å². The van der Waals surface area contributed by atoms with E-state index in [9.17, 15) is 13.2 Å². The van der Waals surface area contributed by atoms with Gasteiger partial charge < -0.3 is 9.52 Å². The van der Waals surface area contributed by atoms with E-state index in [0.29, 0.717) is 10.6 Å². The molecule has 0 spiro atoms. The molecule has 8 heteroatoms. The van der Waals surface area contributed by atoms with Crippen LogP contribution in [0.4, 0.5) is 0 Å². The van der Waals surface area contributed by atoms with Crippen LogP contribution in [-0.4, -0.2) is 19.5 Å². The lowest BCUT2D eigenvalue weighted by molar-refractivity contribution is 0.0656. The van der Waals surface area contributed by atoms with Gasteiger partial charge in [-0.05, 0) is 29.8 Å². The fourth-order valence-corrected chi connectivity index (χ4v) is 2.50. The Kier molecular flexibility index (Phi) is 4.12. The molecule has 0 bridgehead atoms. The van der Waals surface area contributed by atoms with Crippen LogP contribution in [-0.2, 0) is 16.6 Å². The number of furan rings is 1. The van der Waals surface area contributed by atoms with Gasteiger partial charge in [0.2, 0.25) is 10.9 Å². The van der Waals surface area contributed by atoms with Gasteiger partial charge in [-0.2, -0.15) is 0 Å². The van der Waals surface area contributed by atoms with Crippen molar-refractivity contribution in [2.45, 2.75) is 11.6 Å². The van der Waals surface area contributed by atoms with Crippen molar-refractivity contribution in [1.82, 2.24) is 4.72 Å². The normalized spacial score (nSPS) is 11.4. The van der Waals surface area contributed by atoms with Crippen molar-refractivity contribution >= 4 is 27.6 Å². The minimum absolute atomic E-state index is 0.0443. The molecule has 0 atom stereocenters. The third-order valence-electron chi connectivity index (χ3n) is 2.44. The predicted molar refractivity (Wildman–Crippen MR) is 71.1 cm³/mol. The van der Waals surface area contributed by atoms with Crippen LogP contribution in [0.5, 0.6) is 0 Å². The van der Waals surface area contributed by atoms with Gasteiger partial charge in [0.05, 0.1) is 0 Å². The van der Waals surface area contributed by atoms with Gasteiger partial charge in [-0.15, -0.1) is 0 Å². The molecule has 0 aliphatic heterocycles. The van der Waals surface area contributed by atoms with E-state index in [1.54, 1.807) is 24.3 Å². The lowest BCUT2D eigenvalue weighted by Gasteiger charge is -2.04. The molecule has 6 nitrogen and oxygen atoms in total. The molecular weight excluding hydrogens is 306 g/mol. The third-order valence-corrected chi connectivity index (χ3v) is 3.96. The van der Waals surface area contributed by atoms with E-state index < -0.39 is 26.8 Å². The smallest absolute Gasteiger partial charge is 0.371 e. The molecule has 2 N–H and O–H groups in total. The first-order valence-corrected chi connectivity index (χ1v) is 7.32. The number of carbonyl (C=O) groups is 1. The van der Waals surface area contributed by atoms with Crippen LogP contribution in [0.2, 0.25) is 5.02 Å². The maximum Gasteiger partial charge on any atom is 0.371 e. The minimum Gasteiger partial charge on any atom is -0.475 e. The summed E-state index contributed by atoms with van der Waals surface area (Å²) in [6, 6.07) is 8.80. The van der Waals surface area contributed by atoms with E-state index in [1.807, 2.05) is 0 Å². The number of halogens is 1. The number of rotatable bonds is 5. The summed E-state index contributed by atoms with van der Waals surface area (Å²) in [6.45, 7) is 0.0443. The summed E-state index contributed by atoms with van der Waals surface area (Å²) in [6.07, 6.45) is 0. The fraction of sp³-hybridized carbons (Fsp3) is 0.0833. The molecule has 106 valence electrons. The van der Waals surface area contributed by atoms with E-state index in [2.05, 4.69) is 4.72 Å².